The molecule has 0 heterocycles. The minimum absolute atomic E-state index is 0.0185. The number of hydrogen-bond donors (Lipinski definition) is 2. The summed E-state index contributed by atoms with van der Waals surface area (Å²) < 4.78 is 5.14. The molecule has 2 aliphatic carbocycles. The number of aliphatic carboxylic acids is 1. The van der Waals surface area contributed by atoms with E-state index in [0.717, 1.165) is 6.42 Å². The number of carbonyl (C=O) groups is 2. The van der Waals surface area contributed by atoms with E-state index in [-0.39, 0.29) is 12.5 Å². The Morgan fingerprint density at radius 1 is 1.42 bits per heavy atom. The van der Waals surface area contributed by atoms with Crippen LogP contribution in [0, 0.1) is 17.3 Å². The lowest BCUT2D eigenvalue weighted by Crippen LogP contribution is -2.46. The van der Waals surface area contributed by atoms with Gasteiger partial charge in [-0.05, 0) is 45.4 Å². The van der Waals surface area contributed by atoms with Crippen LogP contribution in [-0.2, 0) is 9.53 Å². The van der Waals surface area contributed by atoms with Gasteiger partial charge in [-0.15, -0.1) is 0 Å². The van der Waals surface area contributed by atoms with Crippen molar-refractivity contribution in [1.82, 2.24) is 5.32 Å². The molecule has 2 bridgehead atoms. The van der Waals surface area contributed by atoms with Crippen LogP contribution in [0.1, 0.15) is 33.6 Å². The summed E-state index contributed by atoms with van der Waals surface area (Å²) in [6, 6.07) is 0. The first-order chi connectivity index (χ1) is 8.73. The molecule has 1 fully saturated rings. The van der Waals surface area contributed by atoms with Crippen LogP contribution in [-0.4, -0.2) is 29.3 Å². The van der Waals surface area contributed by atoms with Crippen molar-refractivity contribution in [2.75, 3.05) is 6.54 Å². The number of hydrogen-bond acceptors (Lipinski definition) is 3. The summed E-state index contributed by atoms with van der Waals surface area (Å²) in [4.78, 5) is 23.2. The Bertz CT molecular complexity index is 424. The molecule has 2 aliphatic rings. The van der Waals surface area contributed by atoms with Crippen molar-refractivity contribution in [3.05, 3.63) is 12.2 Å². The number of fused-ring (bicyclic) bond motifs is 2. The molecule has 3 atom stereocenters. The normalized spacial score (nSPS) is 32.4. The van der Waals surface area contributed by atoms with Gasteiger partial charge in [0, 0.05) is 6.54 Å². The molecule has 0 saturated heterocycles. The van der Waals surface area contributed by atoms with E-state index >= 15 is 0 Å². The van der Waals surface area contributed by atoms with Gasteiger partial charge in [-0.3, -0.25) is 4.79 Å². The molecule has 2 N–H and O–H groups in total. The van der Waals surface area contributed by atoms with Crippen molar-refractivity contribution in [3.8, 4) is 0 Å². The van der Waals surface area contributed by atoms with Gasteiger partial charge in [0.1, 0.15) is 5.60 Å². The summed E-state index contributed by atoms with van der Waals surface area (Å²) in [6.45, 7) is 5.46. The Kier molecular flexibility index (Phi) is 3.32. The first-order valence-electron chi connectivity index (χ1n) is 6.61. The van der Waals surface area contributed by atoms with Crippen LogP contribution in [0.5, 0.6) is 0 Å². The highest BCUT2D eigenvalue weighted by Crippen LogP contribution is 2.52. The molecule has 3 unspecified atom stereocenters. The van der Waals surface area contributed by atoms with Crippen LogP contribution < -0.4 is 5.32 Å². The first kappa shape index (κ1) is 13.9. The van der Waals surface area contributed by atoms with Gasteiger partial charge in [-0.1, -0.05) is 12.2 Å². The quantitative estimate of drug-likeness (QED) is 0.768. The van der Waals surface area contributed by atoms with E-state index in [2.05, 4.69) is 11.4 Å². The molecule has 0 spiro atoms. The fourth-order valence-corrected chi connectivity index (χ4v) is 3.02. The van der Waals surface area contributed by atoms with Crippen molar-refractivity contribution in [3.63, 3.8) is 0 Å². The highest BCUT2D eigenvalue weighted by molar-refractivity contribution is 5.78. The van der Waals surface area contributed by atoms with E-state index in [1.54, 1.807) is 20.8 Å². The third kappa shape index (κ3) is 2.74. The predicted molar refractivity (Wildman–Crippen MR) is 69.7 cm³/mol. The van der Waals surface area contributed by atoms with Gasteiger partial charge in [0.2, 0.25) is 0 Å². The lowest BCUT2D eigenvalue weighted by Gasteiger charge is -2.31. The maximum Gasteiger partial charge on any atom is 0.407 e. The van der Waals surface area contributed by atoms with Crippen molar-refractivity contribution in [1.29, 1.82) is 0 Å². The number of carbonyl (C=O) groups excluding carboxylic acids is 1. The van der Waals surface area contributed by atoms with Gasteiger partial charge in [0.15, 0.2) is 0 Å². The number of allylic oxidation sites excluding steroid dienone is 2. The Morgan fingerprint density at radius 3 is 2.53 bits per heavy atom. The second-order valence-corrected chi connectivity index (χ2v) is 6.51. The Hall–Kier alpha value is -1.52. The van der Waals surface area contributed by atoms with Crippen LogP contribution in [0.3, 0.4) is 0 Å². The topological polar surface area (TPSA) is 75.6 Å². The number of nitrogens with one attached hydrogen (secondary N) is 1. The molecule has 0 aromatic rings. The maximum atomic E-state index is 11.6. The zero-order chi connectivity index (χ0) is 14.3. The molecule has 0 aromatic carbocycles. The smallest absolute Gasteiger partial charge is 0.407 e. The van der Waals surface area contributed by atoms with Crippen LogP contribution in [0.25, 0.3) is 0 Å². The van der Waals surface area contributed by atoms with E-state index in [1.807, 2.05) is 6.08 Å². The Balaban J connectivity index is 1.98. The van der Waals surface area contributed by atoms with Crippen LogP contribution in [0.2, 0.25) is 0 Å². The van der Waals surface area contributed by atoms with Gasteiger partial charge < -0.3 is 15.2 Å². The highest BCUT2D eigenvalue weighted by Gasteiger charge is 2.53. The third-order valence-electron chi connectivity index (χ3n) is 3.88. The average Bonchev–Trinajstić information content (AvgIpc) is 2.84. The molecule has 5 heteroatoms. The monoisotopic (exact) mass is 267 g/mol. The molecule has 106 valence electrons. The summed E-state index contributed by atoms with van der Waals surface area (Å²) in [5.41, 5.74) is -1.44. The van der Waals surface area contributed by atoms with Gasteiger partial charge >= 0.3 is 12.1 Å². The van der Waals surface area contributed by atoms with Gasteiger partial charge in [0.25, 0.3) is 0 Å². The van der Waals surface area contributed by atoms with Gasteiger partial charge in [0.05, 0.1) is 5.41 Å². The standard InChI is InChI=1S/C14H21NO4/c1-13(2,3)19-12(18)15-8-14(11(16)17)7-9-4-5-10(14)6-9/h4-5,9-10H,6-8H2,1-3H3,(H,15,18)(H,16,17). The first-order valence-corrected chi connectivity index (χ1v) is 6.61. The van der Waals surface area contributed by atoms with E-state index in [1.165, 1.54) is 0 Å². The molecule has 0 aliphatic heterocycles. The van der Waals surface area contributed by atoms with Crippen LogP contribution in [0.15, 0.2) is 12.2 Å². The second kappa shape index (κ2) is 4.54. The third-order valence-corrected chi connectivity index (χ3v) is 3.88. The summed E-state index contributed by atoms with van der Waals surface area (Å²) in [5.74, 6) is -0.480. The molecule has 5 nitrogen and oxygen atoms in total. The molecule has 0 radical (unpaired) electrons. The summed E-state index contributed by atoms with van der Waals surface area (Å²) in [5, 5.41) is 12.1. The SMILES string of the molecule is CC(C)(C)OC(=O)NCC1(C(=O)O)CC2C=CC1C2. The summed E-state index contributed by atoms with van der Waals surface area (Å²) in [7, 11) is 0. The number of ether oxygens (including phenoxy) is 1. The van der Waals surface area contributed by atoms with E-state index in [9.17, 15) is 14.7 Å². The van der Waals surface area contributed by atoms with E-state index in [4.69, 9.17) is 4.74 Å². The molecule has 19 heavy (non-hydrogen) atoms. The Morgan fingerprint density at radius 2 is 2.11 bits per heavy atom. The minimum atomic E-state index is -0.865. The van der Waals surface area contributed by atoms with Crippen LogP contribution in [0.4, 0.5) is 4.79 Å². The zero-order valence-corrected chi connectivity index (χ0v) is 11.6. The second-order valence-electron chi connectivity index (χ2n) is 6.51. The average molecular weight is 267 g/mol. The number of amides is 1. The fourth-order valence-electron chi connectivity index (χ4n) is 3.02. The number of carboxylic acids is 1. The highest BCUT2D eigenvalue weighted by atomic mass is 16.6. The summed E-state index contributed by atoms with van der Waals surface area (Å²) >= 11 is 0. The van der Waals surface area contributed by atoms with Crippen LogP contribution >= 0.6 is 0 Å². The predicted octanol–water partition coefficient (Wildman–Crippen LogP) is 2.18. The molecule has 1 amide bonds. The van der Waals surface area contributed by atoms with Crippen molar-refractivity contribution < 1.29 is 19.4 Å². The van der Waals surface area contributed by atoms with Gasteiger partial charge in [-0.2, -0.15) is 0 Å². The molecule has 2 rings (SSSR count). The van der Waals surface area contributed by atoms with Crippen molar-refractivity contribution in [2.45, 2.75) is 39.2 Å². The largest absolute Gasteiger partial charge is 0.481 e. The Labute approximate surface area is 113 Å². The number of rotatable bonds is 3. The van der Waals surface area contributed by atoms with E-state index < -0.39 is 23.1 Å². The van der Waals surface area contributed by atoms with Crippen molar-refractivity contribution >= 4 is 12.1 Å². The lowest BCUT2D eigenvalue weighted by atomic mass is 9.75. The molecular formula is C14H21NO4. The van der Waals surface area contributed by atoms with E-state index in [0.29, 0.717) is 12.3 Å². The zero-order valence-electron chi connectivity index (χ0n) is 11.6. The summed E-state index contributed by atoms with van der Waals surface area (Å²) in [6.07, 6.45) is 4.97. The number of alkyl carbamates (subject to hydrolysis) is 1. The van der Waals surface area contributed by atoms with Gasteiger partial charge in [-0.25, -0.2) is 4.79 Å². The lowest BCUT2D eigenvalue weighted by molar-refractivity contribution is -0.150. The molecule has 1 saturated carbocycles. The number of carboxylic acid groups (broad SMARTS) is 1. The fraction of sp³-hybridized carbons (Fsp3) is 0.714. The maximum absolute atomic E-state index is 11.6. The minimum Gasteiger partial charge on any atom is -0.481 e. The molecule has 0 aromatic heterocycles. The van der Waals surface area contributed by atoms with Crippen molar-refractivity contribution in [2.24, 2.45) is 17.3 Å². The molecular weight excluding hydrogens is 246 g/mol.